The number of halogens is 2. The molecule has 0 saturated heterocycles. The molecule has 0 saturated carbocycles. The monoisotopic (exact) mass is 340 g/mol. The van der Waals surface area contributed by atoms with Crippen LogP contribution in [0, 0.1) is 0 Å². The number of para-hydroxylation sites is 1. The third kappa shape index (κ3) is 4.13. The summed E-state index contributed by atoms with van der Waals surface area (Å²) in [5.74, 6) is 0. The van der Waals surface area contributed by atoms with Crippen molar-refractivity contribution in [1.29, 1.82) is 0 Å². The van der Waals surface area contributed by atoms with Gasteiger partial charge in [-0.1, -0.05) is 53.5 Å². The number of anilines is 2. The second kappa shape index (κ2) is 7.32. The Morgan fingerprint density at radius 3 is 2.17 bits per heavy atom. The summed E-state index contributed by atoms with van der Waals surface area (Å²) in [5, 5.41) is 4.37. The van der Waals surface area contributed by atoms with Crippen LogP contribution in [0.2, 0.25) is 10.0 Å². The molecule has 4 heteroatoms. The molecule has 1 N–H and O–H groups in total. The molecule has 2 nitrogen and oxygen atoms in total. The highest BCUT2D eigenvalue weighted by Gasteiger charge is 2.01. The Kier molecular flexibility index (Phi) is 4.96. The Morgan fingerprint density at radius 2 is 1.43 bits per heavy atom. The molecular formula is C19H14Cl2N2. The summed E-state index contributed by atoms with van der Waals surface area (Å²) in [5.41, 5.74) is 3.70. The molecule has 0 unspecified atom stereocenters. The fourth-order valence-corrected chi connectivity index (χ4v) is 2.44. The van der Waals surface area contributed by atoms with E-state index in [0.717, 1.165) is 22.6 Å². The number of hydrogen-bond acceptors (Lipinski definition) is 2. The molecule has 0 atom stereocenters. The Hall–Kier alpha value is -2.29. The van der Waals surface area contributed by atoms with Crippen LogP contribution in [-0.2, 0) is 0 Å². The van der Waals surface area contributed by atoms with E-state index in [-0.39, 0.29) is 0 Å². The minimum atomic E-state index is 0.514. The van der Waals surface area contributed by atoms with Crippen molar-refractivity contribution < 1.29 is 0 Å². The zero-order valence-corrected chi connectivity index (χ0v) is 13.7. The molecule has 23 heavy (non-hydrogen) atoms. The van der Waals surface area contributed by atoms with Crippen molar-refractivity contribution in [3.63, 3.8) is 0 Å². The van der Waals surface area contributed by atoms with E-state index in [1.165, 1.54) is 0 Å². The van der Waals surface area contributed by atoms with Gasteiger partial charge in [0.2, 0.25) is 0 Å². The summed E-state index contributed by atoms with van der Waals surface area (Å²) in [6.07, 6.45) is 1.72. The lowest BCUT2D eigenvalue weighted by Crippen LogP contribution is -1.88. The second-order valence-electron chi connectivity index (χ2n) is 4.94. The summed E-state index contributed by atoms with van der Waals surface area (Å²) >= 11 is 12.1. The molecule has 3 aromatic carbocycles. The Labute approximate surface area is 145 Å². The van der Waals surface area contributed by atoms with Gasteiger partial charge in [-0.3, -0.25) is 4.99 Å². The predicted octanol–water partition coefficient (Wildman–Crippen LogP) is 6.49. The molecular weight excluding hydrogens is 327 g/mol. The van der Waals surface area contributed by atoms with Crippen molar-refractivity contribution in [2.75, 3.05) is 5.32 Å². The van der Waals surface area contributed by atoms with Gasteiger partial charge in [-0.25, -0.2) is 0 Å². The van der Waals surface area contributed by atoms with Gasteiger partial charge in [0.15, 0.2) is 0 Å². The minimum absolute atomic E-state index is 0.514. The van der Waals surface area contributed by atoms with Crippen molar-refractivity contribution in [3.8, 4) is 0 Å². The lowest BCUT2D eigenvalue weighted by atomic mass is 10.2. The van der Waals surface area contributed by atoms with Crippen LogP contribution in [0.3, 0.4) is 0 Å². The SMILES string of the molecule is Clc1cccc(C=Nc2ccc(Nc3ccccc3)cc2)c1Cl. The van der Waals surface area contributed by atoms with Crippen molar-refractivity contribution in [2.45, 2.75) is 0 Å². The first-order valence-corrected chi connectivity index (χ1v) is 7.88. The molecule has 3 rings (SSSR count). The number of benzene rings is 3. The van der Waals surface area contributed by atoms with Crippen LogP contribution >= 0.6 is 23.2 Å². The largest absolute Gasteiger partial charge is 0.356 e. The average Bonchev–Trinajstić information content (AvgIpc) is 2.58. The molecule has 0 fully saturated rings. The first kappa shape index (κ1) is 15.6. The summed E-state index contributed by atoms with van der Waals surface area (Å²) < 4.78 is 0. The van der Waals surface area contributed by atoms with Crippen LogP contribution in [0.4, 0.5) is 17.1 Å². The van der Waals surface area contributed by atoms with Gasteiger partial charge in [-0.05, 0) is 42.5 Å². The van der Waals surface area contributed by atoms with Crippen LogP contribution in [0.15, 0.2) is 77.8 Å². The second-order valence-corrected chi connectivity index (χ2v) is 5.72. The smallest absolute Gasteiger partial charge is 0.0680 e. The highest BCUT2D eigenvalue weighted by molar-refractivity contribution is 6.43. The van der Waals surface area contributed by atoms with Gasteiger partial charge in [0.25, 0.3) is 0 Å². The highest BCUT2D eigenvalue weighted by atomic mass is 35.5. The molecule has 0 aliphatic carbocycles. The fraction of sp³-hybridized carbons (Fsp3) is 0. The Bertz CT molecular complexity index is 813. The fourth-order valence-electron chi connectivity index (χ4n) is 2.08. The normalized spacial score (nSPS) is 10.9. The summed E-state index contributed by atoms with van der Waals surface area (Å²) in [6.45, 7) is 0. The van der Waals surface area contributed by atoms with Gasteiger partial charge >= 0.3 is 0 Å². The molecule has 0 aliphatic heterocycles. The highest BCUT2D eigenvalue weighted by Crippen LogP contribution is 2.25. The van der Waals surface area contributed by atoms with E-state index in [0.29, 0.717) is 10.0 Å². The third-order valence-corrected chi connectivity index (χ3v) is 4.10. The number of aliphatic imine (C=N–C) groups is 1. The summed E-state index contributed by atoms with van der Waals surface area (Å²) in [4.78, 5) is 4.43. The van der Waals surface area contributed by atoms with Crippen LogP contribution in [0.25, 0.3) is 0 Å². The molecule has 3 aromatic rings. The molecule has 0 aromatic heterocycles. The molecule has 0 amide bonds. The Morgan fingerprint density at radius 1 is 0.739 bits per heavy atom. The van der Waals surface area contributed by atoms with E-state index in [1.54, 1.807) is 12.3 Å². The van der Waals surface area contributed by atoms with Gasteiger partial charge in [-0.2, -0.15) is 0 Å². The standard InChI is InChI=1S/C19H14Cl2N2/c20-18-8-4-5-14(19(18)21)13-22-15-9-11-17(12-10-15)23-16-6-2-1-3-7-16/h1-13,23H. The van der Waals surface area contributed by atoms with Crippen LogP contribution < -0.4 is 5.32 Å². The first-order valence-electron chi connectivity index (χ1n) is 7.12. The van der Waals surface area contributed by atoms with E-state index in [1.807, 2.05) is 66.7 Å². The molecule has 114 valence electrons. The molecule has 0 bridgehead atoms. The number of nitrogens with one attached hydrogen (secondary N) is 1. The van der Waals surface area contributed by atoms with Crippen LogP contribution in [-0.4, -0.2) is 6.21 Å². The number of nitrogens with zero attached hydrogens (tertiary/aromatic N) is 1. The van der Waals surface area contributed by atoms with E-state index in [4.69, 9.17) is 23.2 Å². The molecule has 0 heterocycles. The van der Waals surface area contributed by atoms with E-state index in [9.17, 15) is 0 Å². The maximum Gasteiger partial charge on any atom is 0.0680 e. The van der Waals surface area contributed by atoms with E-state index >= 15 is 0 Å². The molecule has 0 spiro atoms. The quantitative estimate of drug-likeness (QED) is 0.539. The average molecular weight is 341 g/mol. The Balaban J connectivity index is 1.72. The van der Waals surface area contributed by atoms with Gasteiger partial charge in [-0.15, -0.1) is 0 Å². The maximum atomic E-state index is 6.14. The van der Waals surface area contributed by atoms with Gasteiger partial charge in [0.05, 0.1) is 15.7 Å². The van der Waals surface area contributed by atoms with Gasteiger partial charge in [0, 0.05) is 23.2 Å². The summed E-state index contributed by atoms with van der Waals surface area (Å²) in [6, 6.07) is 23.4. The lowest BCUT2D eigenvalue weighted by molar-refractivity contribution is 1.50. The maximum absolute atomic E-state index is 6.14. The zero-order chi connectivity index (χ0) is 16.1. The van der Waals surface area contributed by atoms with Crippen molar-refractivity contribution >= 4 is 46.5 Å². The molecule has 0 aliphatic rings. The zero-order valence-electron chi connectivity index (χ0n) is 12.2. The van der Waals surface area contributed by atoms with Crippen molar-refractivity contribution in [1.82, 2.24) is 0 Å². The van der Waals surface area contributed by atoms with Crippen LogP contribution in [0.1, 0.15) is 5.56 Å². The topological polar surface area (TPSA) is 24.4 Å². The van der Waals surface area contributed by atoms with E-state index in [2.05, 4.69) is 10.3 Å². The van der Waals surface area contributed by atoms with E-state index < -0.39 is 0 Å². The van der Waals surface area contributed by atoms with Crippen molar-refractivity contribution in [2.24, 2.45) is 4.99 Å². The lowest BCUT2D eigenvalue weighted by Gasteiger charge is -2.06. The minimum Gasteiger partial charge on any atom is -0.356 e. The molecule has 0 radical (unpaired) electrons. The number of rotatable bonds is 4. The van der Waals surface area contributed by atoms with Crippen molar-refractivity contribution in [3.05, 3.63) is 88.4 Å². The van der Waals surface area contributed by atoms with Crippen LogP contribution in [0.5, 0.6) is 0 Å². The first-order chi connectivity index (χ1) is 11.2. The number of hydrogen-bond donors (Lipinski definition) is 1. The van der Waals surface area contributed by atoms with Gasteiger partial charge < -0.3 is 5.32 Å². The third-order valence-electron chi connectivity index (χ3n) is 3.26. The predicted molar refractivity (Wildman–Crippen MR) is 99.9 cm³/mol. The van der Waals surface area contributed by atoms with Gasteiger partial charge in [0.1, 0.15) is 0 Å². The summed E-state index contributed by atoms with van der Waals surface area (Å²) in [7, 11) is 0.